The molecule has 0 saturated heterocycles. The van der Waals surface area contributed by atoms with Crippen LogP contribution >= 0.6 is 0 Å². The molecule has 0 unspecified atom stereocenters. The van der Waals surface area contributed by atoms with Crippen LogP contribution < -0.4 is 15.6 Å². The molecule has 1 aromatic heterocycles. The van der Waals surface area contributed by atoms with Gasteiger partial charge in [-0.05, 0) is 59.4 Å². The molecule has 7 rings (SSSR count). The SMILES string of the molecule is CCC(C)(C)c1ccc(Oc2cc(Nc3ccccc3)c3c4c(c(C(=O)c5cccc(S(=O)(=O)O)c5)c(=O)[nH]c24)-c2ccccc2C3=O)cc1. The molecular formula is C40H32N2O7S. The molecule has 0 radical (unpaired) electrons. The molecule has 5 aromatic carbocycles. The molecule has 6 aromatic rings. The Hall–Kier alpha value is -5.84. The number of hydrogen-bond acceptors (Lipinski definition) is 7. The lowest BCUT2D eigenvalue weighted by atomic mass is 9.80. The van der Waals surface area contributed by atoms with Crippen LogP contribution in [0.3, 0.4) is 0 Å². The Balaban J connectivity index is 1.52. The smallest absolute Gasteiger partial charge is 0.294 e. The Morgan fingerprint density at radius 2 is 1.52 bits per heavy atom. The summed E-state index contributed by atoms with van der Waals surface area (Å²) < 4.78 is 40.0. The molecule has 9 nitrogen and oxygen atoms in total. The number of benzene rings is 5. The lowest BCUT2D eigenvalue weighted by Gasteiger charge is -2.26. The second-order valence-electron chi connectivity index (χ2n) is 12.8. The first kappa shape index (κ1) is 32.7. The highest BCUT2D eigenvalue weighted by atomic mass is 32.2. The molecule has 0 aliphatic heterocycles. The van der Waals surface area contributed by atoms with E-state index in [-0.39, 0.29) is 50.3 Å². The van der Waals surface area contributed by atoms with Crippen LogP contribution in [0.1, 0.15) is 64.6 Å². The molecule has 0 spiro atoms. The zero-order chi connectivity index (χ0) is 35.4. The van der Waals surface area contributed by atoms with Crippen LogP contribution in [0.15, 0.2) is 119 Å². The number of aromatic nitrogens is 1. The van der Waals surface area contributed by atoms with Gasteiger partial charge in [0.25, 0.3) is 15.7 Å². The summed E-state index contributed by atoms with van der Waals surface area (Å²) in [6, 6.07) is 30.2. The Morgan fingerprint density at radius 3 is 2.20 bits per heavy atom. The highest BCUT2D eigenvalue weighted by molar-refractivity contribution is 7.85. The van der Waals surface area contributed by atoms with Crippen molar-refractivity contribution in [2.24, 2.45) is 0 Å². The minimum absolute atomic E-state index is 0.0473. The molecule has 1 heterocycles. The number of aromatic amines is 1. The molecule has 0 saturated carbocycles. The van der Waals surface area contributed by atoms with Gasteiger partial charge in [0.05, 0.1) is 27.2 Å². The number of ether oxygens (including phenoxy) is 1. The molecule has 1 aliphatic carbocycles. The van der Waals surface area contributed by atoms with Crippen LogP contribution in [0, 0.1) is 0 Å². The molecule has 0 atom stereocenters. The van der Waals surface area contributed by atoms with Crippen LogP contribution in [-0.2, 0) is 15.5 Å². The highest BCUT2D eigenvalue weighted by Crippen LogP contribution is 2.47. The normalized spacial score (nSPS) is 12.4. The van der Waals surface area contributed by atoms with Crippen molar-refractivity contribution in [2.45, 2.75) is 37.5 Å². The van der Waals surface area contributed by atoms with Gasteiger partial charge < -0.3 is 15.0 Å². The lowest BCUT2D eigenvalue weighted by Crippen LogP contribution is -2.24. The minimum atomic E-state index is -4.64. The fourth-order valence-corrected chi connectivity index (χ4v) is 6.83. The van der Waals surface area contributed by atoms with Crippen LogP contribution in [0.2, 0.25) is 0 Å². The van der Waals surface area contributed by atoms with Crippen molar-refractivity contribution in [3.63, 3.8) is 0 Å². The summed E-state index contributed by atoms with van der Waals surface area (Å²) in [6.07, 6.45) is 0.939. The predicted molar refractivity (Wildman–Crippen MR) is 193 cm³/mol. The zero-order valence-corrected chi connectivity index (χ0v) is 28.2. The molecule has 10 heteroatoms. The van der Waals surface area contributed by atoms with Crippen molar-refractivity contribution in [1.82, 2.24) is 4.98 Å². The first-order valence-electron chi connectivity index (χ1n) is 16.0. The van der Waals surface area contributed by atoms with E-state index in [0.717, 1.165) is 24.1 Å². The average molecular weight is 685 g/mol. The standard InChI is InChI=1S/C40H32N2O7S/c1-4-40(2,3)24-17-19-26(20-18-24)49-31-22-30(41-25-12-6-5-7-13-25)33-34-32(28-15-8-9-16-29(28)38(33)44)35(39(45)42-36(31)34)37(43)23-11-10-14-27(21-23)50(46,47)48/h5-22,41H,4H2,1-3H3,(H,42,45)(H,46,47,48). The van der Waals surface area contributed by atoms with Crippen molar-refractivity contribution >= 4 is 44.0 Å². The van der Waals surface area contributed by atoms with E-state index >= 15 is 0 Å². The largest absolute Gasteiger partial charge is 0.455 e. The van der Waals surface area contributed by atoms with Crippen molar-refractivity contribution in [2.75, 3.05) is 5.32 Å². The van der Waals surface area contributed by atoms with Crippen LogP contribution in [0.4, 0.5) is 11.4 Å². The first-order chi connectivity index (χ1) is 23.9. The number of pyridine rings is 1. The third-order valence-corrected chi connectivity index (χ3v) is 10.2. The number of rotatable bonds is 9. The van der Waals surface area contributed by atoms with Gasteiger partial charge in [-0.15, -0.1) is 0 Å². The zero-order valence-electron chi connectivity index (χ0n) is 27.4. The summed E-state index contributed by atoms with van der Waals surface area (Å²) in [5.41, 5.74) is 2.26. The number of nitrogens with one attached hydrogen (secondary N) is 2. The van der Waals surface area contributed by atoms with E-state index < -0.39 is 26.4 Å². The summed E-state index contributed by atoms with van der Waals surface area (Å²) in [5.74, 6) is -0.383. The van der Waals surface area contributed by atoms with E-state index in [2.05, 4.69) is 31.1 Å². The van der Waals surface area contributed by atoms with Crippen LogP contribution in [0.25, 0.3) is 22.0 Å². The van der Waals surface area contributed by atoms with Gasteiger partial charge in [0, 0.05) is 33.8 Å². The minimum Gasteiger partial charge on any atom is -0.455 e. The number of H-pyrrole nitrogens is 1. The van der Waals surface area contributed by atoms with Crippen molar-refractivity contribution in [3.8, 4) is 22.6 Å². The van der Waals surface area contributed by atoms with Crippen molar-refractivity contribution in [1.29, 1.82) is 0 Å². The second-order valence-corrected chi connectivity index (χ2v) is 14.2. The number of anilines is 2. The maximum Gasteiger partial charge on any atom is 0.294 e. The second kappa shape index (κ2) is 12.2. The number of para-hydroxylation sites is 1. The number of ketones is 2. The fourth-order valence-electron chi connectivity index (χ4n) is 6.31. The average Bonchev–Trinajstić information content (AvgIpc) is 3.11. The summed E-state index contributed by atoms with van der Waals surface area (Å²) >= 11 is 0. The molecule has 1 aliphatic rings. The van der Waals surface area contributed by atoms with Gasteiger partial charge in [-0.25, -0.2) is 0 Å². The summed E-state index contributed by atoms with van der Waals surface area (Å²) in [4.78, 5) is 45.1. The van der Waals surface area contributed by atoms with Crippen molar-refractivity contribution < 1.29 is 27.3 Å². The molecule has 50 heavy (non-hydrogen) atoms. The van der Waals surface area contributed by atoms with E-state index in [4.69, 9.17) is 4.74 Å². The third-order valence-electron chi connectivity index (χ3n) is 9.35. The number of fused-ring (bicyclic) bond motifs is 2. The molecule has 0 bridgehead atoms. The number of hydrogen-bond donors (Lipinski definition) is 3. The van der Waals surface area contributed by atoms with Gasteiger partial charge in [-0.3, -0.25) is 18.9 Å². The number of carbonyl (C=O) groups excluding carboxylic acids is 2. The Morgan fingerprint density at radius 1 is 0.840 bits per heavy atom. The lowest BCUT2D eigenvalue weighted by molar-refractivity contribution is 0.102. The Labute approximate surface area is 288 Å². The quantitative estimate of drug-likeness (QED) is 0.102. The maximum atomic E-state index is 14.4. The van der Waals surface area contributed by atoms with Crippen molar-refractivity contribution in [3.05, 3.63) is 147 Å². The van der Waals surface area contributed by atoms with E-state index in [1.54, 1.807) is 30.3 Å². The van der Waals surface area contributed by atoms with Gasteiger partial charge in [-0.1, -0.05) is 87.5 Å². The molecule has 0 fully saturated rings. The number of carbonyl (C=O) groups is 2. The van der Waals surface area contributed by atoms with E-state index in [1.165, 1.54) is 12.1 Å². The monoisotopic (exact) mass is 684 g/mol. The Kier molecular flexibility index (Phi) is 8.01. The van der Waals surface area contributed by atoms with Gasteiger partial charge >= 0.3 is 0 Å². The summed E-state index contributed by atoms with van der Waals surface area (Å²) in [6.45, 7) is 6.45. The Bertz CT molecular complexity index is 2520. The van der Waals surface area contributed by atoms with Crippen LogP contribution in [-0.4, -0.2) is 29.5 Å². The van der Waals surface area contributed by atoms with E-state index in [9.17, 15) is 27.4 Å². The summed E-state index contributed by atoms with van der Waals surface area (Å²) in [5, 5.41) is 3.64. The predicted octanol–water partition coefficient (Wildman–Crippen LogP) is 8.44. The fraction of sp³-hybridized carbons (Fsp3) is 0.125. The highest BCUT2D eigenvalue weighted by Gasteiger charge is 2.35. The van der Waals surface area contributed by atoms with Crippen LogP contribution in [0.5, 0.6) is 11.5 Å². The van der Waals surface area contributed by atoms with Gasteiger partial charge in [0.15, 0.2) is 17.3 Å². The van der Waals surface area contributed by atoms with E-state index in [0.29, 0.717) is 28.1 Å². The first-order valence-corrected chi connectivity index (χ1v) is 17.4. The van der Waals surface area contributed by atoms with Gasteiger partial charge in [-0.2, -0.15) is 8.42 Å². The molecule has 0 amide bonds. The maximum absolute atomic E-state index is 14.4. The van der Waals surface area contributed by atoms with E-state index in [1.807, 2.05) is 54.6 Å². The third kappa shape index (κ3) is 5.68. The molecule has 250 valence electrons. The van der Waals surface area contributed by atoms with Gasteiger partial charge in [0.1, 0.15) is 5.75 Å². The molecular weight excluding hydrogens is 653 g/mol. The molecule has 3 N–H and O–H groups in total. The summed E-state index contributed by atoms with van der Waals surface area (Å²) in [7, 11) is -4.64. The van der Waals surface area contributed by atoms with Gasteiger partial charge in [0.2, 0.25) is 0 Å². The topological polar surface area (TPSA) is 143 Å².